The molecule has 0 aliphatic carbocycles. The lowest BCUT2D eigenvalue weighted by Crippen LogP contribution is -2.53. The third-order valence-electron chi connectivity index (χ3n) is 5.40. The SMILES string of the molecule is O=C1N=c2ccccc2=C1C(C(=O)NN1CCNCC1)c1coc2ccccc12. The number of hydrogen-bond acceptors (Lipinski definition) is 5. The number of amides is 2. The molecule has 7 nitrogen and oxygen atoms in total. The van der Waals surface area contributed by atoms with Gasteiger partial charge in [-0.2, -0.15) is 0 Å². The summed E-state index contributed by atoms with van der Waals surface area (Å²) in [6.07, 6.45) is 1.58. The number of piperazine rings is 1. The van der Waals surface area contributed by atoms with Crippen LogP contribution >= 0.6 is 0 Å². The lowest BCUT2D eigenvalue weighted by Gasteiger charge is -2.29. The molecule has 1 fully saturated rings. The second-order valence-electron chi connectivity index (χ2n) is 7.18. The van der Waals surface area contributed by atoms with E-state index in [9.17, 15) is 9.59 Å². The summed E-state index contributed by atoms with van der Waals surface area (Å²) in [4.78, 5) is 30.5. The highest BCUT2D eigenvalue weighted by Crippen LogP contribution is 2.34. The summed E-state index contributed by atoms with van der Waals surface area (Å²) in [6.45, 7) is 3.00. The van der Waals surface area contributed by atoms with Gasteiger partial charge in [-0.15, -0.1) is 0 Å². The fourth-order valence-corrected chi connectivity index (χ4v) is 4.01. The van der Waals surface area contributed by atoms with E-state index in [0.29, 0.717) is 40.4 Å². The van der Waals surface area contributed by atoms with Gasteiger partial charge in [0.2, 0.25) is 5.91 Å². The quantitative estimate of drug-likeness (QED) is 0.678. The van der Waals surface area contributed by atoms with Crippen LogP contribution in [-0.2, 0) is 9.59 Å². The fourth-order valence-electron chi connectivity index (χ4n) is 4.01. The van der Waals surface area contributed by atoms with Crippen LogP contribution in [0.25, 0.3) is 16.5 Å². The Kier molecular flexibility index (Phi) is 4.46. The van der Waals surface area contributed by atoms with Crippen molar-refractivity contribution in [3.63, 3.8) is 0 Å². The van der Waals surface area contributed by atoms with Crippen molar-refractivity contribution >= 4 is 28.4 Å². The Hall–Kier alpha value is -3.29. The molecule has 5 rings (SSSR count). The number of benzene rings is 2. The number of nitrogens with zero attached hydrogens (tertiary/aromatic N) is 2. The first-order valence-corrected chi connectivity index (χ1v) is 9.67. The Bertz CT molecular complexity index is 1220. The first kappa shape index (κ1) is 17.8. The predicted molar refractivity (Wildman–Crippen MR) is 107 cm³/mol. The maximum Gasteiger partial charge on any atom is 0.275 e. The summed E-state index contributed by atoms with van der Waals surface area (Å²) in [5, 5.41) is 7.26. The van der Waals surface area contributed by atoms with Crippen molar-refractivity contribution < 1.29 is 14.0 Å². The van der Waals surface area contributed by atoms with E-state index < -0.39 is 5.92 Å². The molecule has 3 aromatic rings. The molecule has 0 radical (unpaired) electrons. The molecule has 0 spiro atoms. The van der Waals surface area contributed by atoms with Crippen LogP contribution in [-0.4, -0.2) is 43.0 Å². The van der Waals surface area contributed by atoms with Gasteiger partial charge >= 0.3 is 0 Å². The first-order chi connectivity index (χ1) is 14.2. The van der Waals surface area contributed by atoms with E-state index in [0.717, 1.165) is 18.5 Å². The molecule has 1 aromatic heterocycles. The van der Waals surface area contributed by atoms with Crippen LogP contribution in [0.2, 0.25) is 0 Å². The van der Waals surface area contributed by atoms with Crippen LogP contribution in [0.1, 0.15) is 11.5 Å². The monoisotopic (exact) mass is 388 g/mol. The number of hydrazine groups is 1. The van der Waals surface area contributed by atoms with Gasteiger partial charge in [-0.1, -0.05) is 36.4 Å². The minimum absolute atomic E-state index is 0.256. The molecular weight excluding hydrogens is 368 g/mol. The third-order valence-corrected chi connectivity index (χ3v) is 5.40. The van der Waals surface area contributed by atoms with Gasteiger partial charge in [0.1, 0.15) is 5.58 Å². The molecule has 2 aromatic carbocycles. The molecule has 0 bridgehead atoms. The smallest absolute Gasteiger partial charge is 0.275 e. The van der Waals surface area contributed by atoms with Crippen LogP contribution in [0.5, 0.6) is 0 Å². The van der Waals surface area contributed by atoms with Gasteiger partial charge in [-0.25, -0.2) is 10.0 Å². The molecule has 7 heteroatoms. The number of para-hydroxylation sites is 2. The maximum absolute atomic E-state index is 13.5. The van der Waals surface area contributed by atoms with Crippen LogP contribution < -0.4 is 21.3 Å². The Morgan fingerprint density at radius 3 is 2.72 bits per heavy atom. The van der Waals surface area contributed by atoms with Crippen LogP contribution in [0.3, 0.4) is 0 Å². The number of carbonyl (C=O) groups excluding carboxylic acids is 2. The largest absolute Gasteiger partial charge is 0.464 e. The van der Waals surface area contributed by atoms with Gasteiger partial charge in [0.25, 0.3) is 5.91 Å². The zero-order valence-electron chi connectivity index (χ0n) is 15.7. The van der Waals surface area contributed by atoms with Crippen molar-refractivity contribution in [1.29, 1.82) is 0 Å². The number of carbonyl (C=O) groups is 2. The van der Waals surface area contributed by atoms with E-state index in [1.54, 1.807) is 12.3 Å². The summed E-state index contributed by atoms with van der Waals surface area (Å²) < 4.78 is 5.69. The Labute approximate surface area is 166 Å². The van der Waals surface area contributed by atoms with E-state index in [2.05, 4.69) is 15.7 Å². The molecule has 1 saturated heterocycles. The van der Waals surface area contributed by atoms with Crippen molar-refractivity contribution in [2.75, 3.05) is 26.2 Å². The lowest BCUT2D eigenvalue weighted by molar-refractivity contribution is -0.127. The van der Waals surface area contributed by atoms with Gasteiger partial charge in [0, 0.05) is 47.9 Å². The number of furan rings is 1. The van der Waals surface area contributed by atoms with Gasteiger partial charge in [-0.3, -0.25) is 15.0 Å². The molecule has 2 amide bonds. The molecule has 0 saturated carbocycles. The van der Waals surface area contributed by atoms with Gasteiger partial charge < -0.3 is 9.73 Å². The van der Waals surface area contributed by atoms with E-state index in [1.165, 1.54) is 0 Å². The zero-order chi connectivity index (χ0) is 19.8. The highest BCUT2D eigenvalue weighted by Gasteiger charge is 2.35. The summed E-state index contributed by atoms with van der Waals surface area (Å²) >= 11 is 0. The van der Waals surface area contributed by atoms with Gasteiger partial charge in [-0.05, 0) is 12.1 Å². The number of nitrogens with one attached hydrogen (secondary N) is 2. The number of hydrogen-bond donors (Lipinski definition) is 2. The highest BCUT2D eigenvalue weighted by molar-refractivity contribution is 6.23. The molecule has 1 atom stereocenters. The number of rotatable bonds is 4. The second kappa shape index (κ2) is 7.27. The van der Waals surface area contributed by atoms with Crippen molar-refractivity contribution in [3.8, 4) is 0 Å². The summed E-state index contributed by atoms with van der Waals surface area (Å²) in [7, 11) is 0. The zero-order valence-corrected chi connectivity index (χ0v) is 15.7. The lowest BCUT2D eigenvalue weighted by atomic mass is 9.88. The molecule has 1 unspecified atom stereocenters. The van der Waals surface area contributed by atoms with Crippen LogP contribution in [0.4, 0.5) is 0 Å². The minimum Gasteiger partial charge on any atom is -0.464 e. The van der Waals surface area contributed by atoms with Crippen molar-refractivity contribution in [1.82, 2.24) is 15.8 Å². The molecule has 2 aliphatic heterocycles. The van der Waals surface area contributed by atoms with Crippen LogP contribution in [0.15, 0.2) is 64.2 Å². The molecular formula is C22H20N4O3. The Morgan fingerprint density at radius 1 is 1.10 bits per heavy atom. The summed E-state index contributed by atoms with van der Waals surface area (Å²) in [5.41, 5.74) is 4.74. The maximum atomic E-state index is 13.5. The first-order valence-electron chi connectivity index (χ1n) is 9.67. The van der Waals surface area contributed by atoms with E-state index in [1.807, 2.05) is 47.5 Å². The molecule has 146 valence electrons. The van der Waals surface area contributed by atoms with E-state index in [-0.39, 0.29) is 11.8 Å². The molecule has 2 N–H and O–H groups in total. The molecule has 2 aliphatic rings. The van der Waals surface area contributed by atoms with Crippen molar-refractivity contribution in [2.45, 2.75) is 5.92 Å². The standard InChI is InChI=1S/C22H20N4O3/c27-21-19(15-6-1-3-7-17(15)24-21)20(22(28)25-26-11-9-23-10-12-26)16-13-29-18-8-4-2-5-14(16)18/h1-8,13,20,23H,9-12H2,(H,25,28). The summed E-state index contributed by atoms with van der Waals surface area (Å²) in [5.74, 6) is -1.45. The topological polar surface area (TPSA) is 86.9 Å². The van der Waals surface area contributed by atoms with Crippen molar-refractivity contribution in [3.05, 3.63) is 70.9 Å². The van der Waals surface area contributed by atoms with Crippen molar-refractivity contribution in [2.24, 2.45) is 4.99 Å². The Balaban J connectivity index is 1.65. The minimum atomic E-state index is -0.812. The van der Waals surface area contributed by atoms with E-state index in [4.69, 9.17) is 4.42 Å². The fraction of sp³-hybridized carbons (Fsp3) is 0.227. The Morgan fingerprint density at radius 2 is 1.86 bits per heavy atom. The van der Waals surface area contributed by atoms with Crippen LogP contribution in [0, 0.1) is 0 Å². The third kappa shape index (κ3) is 3.14. The molecule has 3 heterocycles. The summed E-state index contributed by atoms with van der Waals surface area (Å²) in [6, 6.07) is 14.8. The average molecular weight is 388 g/mol. The number of fused-ring (bicyclic) bond motifs is 2. The second-order valence-corrected chi connectivity index (χ2v) is 7.18. The predicted octanol–water partition coefficient (Wildman–Crippen LogP) is 0.464. The van der Waals surface area contributed by atoms with Gasteiger partial charge in [0.15, 0.2) is 0 Å². The average Bonchev–Trinajstić information content (AvgIpc) is 3.31. The normalized spacial score (nSPS) is 17.8. The van der Waals surface area contributed by atoms with Gasteiger partial charge in [0.05, 0.1) is 17.5 Å². The van der Waals surface area contributed by atoms with E-state index >= 15 is 0 Å². The highest BCUT2D eigenvalue weighted by atomic mass is 16.3. The molecule has 29 heavy (non-hydrogen) atoms.